The summed E-state index contributed by atoms with van der Waals surface area (Å²) in [5.74, 6) is -0.0512. The molecule has 0 aromatic heterocycles. The Bertz CT molecular complexity index is 628. The first-order valence-electron chi connectivity index (χ1n) is 7.04. The Balaban J connectivity index is 1.94. The molecule has 4 nitrogen and oxygen atoms in total. The smallest absolute Gasteiger partial charge is 0.251 e. The summed E-state index contributed by atoms with van der Waals surface area (Å²) in [6, 6.07) is 12.3. The number of rotatable bonds is 6. The van der Waals surface area contributed by atoms with E-state index in [0.717, 1.165) is 0 Å². The molecule has 22 heavy (non-hydrogen) atoms. The average molecular weight is 303 g/mol. The lowest BCUT2D eigenvalue weighted by Crippen LogP contribution is -2.28. The molecule has 116 valence electrons. The number of carbonyl (C=O) groups excluding carboxylic acids is 1. The summed E-state index contributed by atoms with van der Waals surface area (Å²) in [5, 5.41) is 12.6. The summed E-state index contributed by atoms with van der Waals surface area (Å²) in [6.45, 7) is 2.43. The highest BCUT2D eigenvalue weighted by atomic mass is 19.1. The van der Waals surface area contributed by atoms with Gasteiger partial charge in [0.1, 0.15) is 11.6 Å². The number of carbonyl (C=O) groups is 1. The van der Waals surface area contributed by atoms with E-state index in [0.29, 0.717) is 23.5 Å². The van der Waals surface area contributed by atoms with E-state index in [1.165, 1.54) is 24.3 Å². The van der Waals surface area contributed by atoms with Crippen LogP contribution >= 0.6 is 0 Å². The zero-order chi connectivity index (χ0) is 15.9. The fourth-order valence-corrected chi connectivity index (χ4v) is 1.99. The van der Waals surface area contributed by atoms with Gasteiger partial charge in [-0.25, -0.2) is 4.39 Å². The van der Waals surface area contributed by atoms with Crippen molar-refractivity contribution in [1.29, 1.82) is 0 Å². The van der Waals surface area contributed by atoms with Crippen molar-refractivity contribution in [3.8, 4) is 5.75 Å². The van der Waals surface area contributed by atoms with Gasteiger partial charge in [0.2, 0.25) is 0 Å². The van der Waals surface area contributed by atoms with Gasteiger partial charge in [-0.2, -0.15) is 0 Å². The number of halogens is 1. The standard InChI is InChI=1S/C17H18FNO3/c1-2-22-15-5-3-4-13(10-15)17(21)19-11-16(20)12-6-8-14(18)9-7-12/h3-10,16,20H,2,11H2,1H3,(H,19,21). The zero-order valence-corrected chi connectivity index (χ0v) is 12.3. The Kier molecular flexibility index (Phi) is 5.49. The van der Waals surface area contributed by atoms with E-state index >= 15 is 0 Å². The maximum atomic E-state index is 12.8. The van der Waals surface area contributed by atoms with Gasteiger partial charge in [0.25, 0.3) is 5.91 Å². The van der Waals surface area contributed by atoms with E-state index in [4.69, 9.17) is 4.74 Å². The molecule has 0 aliphatic carbocycles. The molecule has 0 aliphatic rings. The van der Waals surface area contributed by atoms with Crippen LogP contribution in [0.15, 0.2) is 48.5 Å². The fraction of sp³-hybridized carbons (Fsp3) is 0.235. The van der Waals surface area contributed by atoms with Crippen molar-refractivity contribution < 1.29 is 19.0 Å². The SMILES string of the molecule is CCOc1cccc(C(=O)NCC(O)c2ccc(F)cc2)c1. The van der Waals surface area contributed by atoms with Crippen molar-refractivity contribution in [2.45, 2.75) is 13.0 Å². The van der Waals surface area contributed by atoms with Crippen LogP contribution in [0.1, 0.15) is 28.9 Å². The lowest BCUT2D eigenvalue weighted by atomic mass is 10.1. The largest absolute Gasteiger partial charge is 0.494 e. The number of benzene rings is 2. The molecule has 1 unspecified atom stereocenters. The van der Waals surface area contributed by atoms with Crippen molar-refractivity contribution in [2.75, 3.05) is 13.2 Å². The van der Waals surface area contributed by atoms with Gasteiger partial charge < -0.3 is 15.2 Å². The quantitative estimate of drug-likeness (QED) is 0.862. The molecule has 0 aliphatic heterocycles. The lowest BCUT2D eigenvalue weighted by Gasteiger charge is -2.12. The number of aliphatic hydroxyl groups excluding tert-OH is 1. The number of aliphatic hydroxyl groups is 1. The third-order valence-corrected chi connectivity index (χ3v) is 3.12. The molecule has 0 bridgehead atoms. The highest BCUT2D eigenvalue weighted by molar-refractivity contribution is 5.94. The van der Waals surface area contributed by atoms with E-state index in [1.54, 1.807) is 24.3 Å². The third-order valence-electron chi connectivity index (χ3n) is 3.12. The monoisotopic (exact) mass is 303 g/mol. The molecule has 2 N–H and O–H groups in total. The van der Waals surface area contributed by atoms with Crippen LogP contribution in [0.2, 0.25) is 0 Å². The molecule has 2 aromatic rings. The Hall–Kier alpha value is -2.40. The summed E-state index contributed by atoms with van der Waals surface area (Å²) in [6.07, 6.45) is -0.889. The molecule has 0 spiro atoms. The molecule has 0 saturated heterocycles. The van der Waals surface area contributed by atoms with Gasteiger partial charge in [0, 0.05) is 12.1 Å². The van der Waals surface area contributed by atoms with Crippen molar-refractivity contribution in [3.63, 3.8) is 0 Å². The Labute approximate surface area is 128 Å². The highest BCUT2D eigenvalue weighted by Crippen LogP contribution is 2.15. The Morgan fingerprint density at radius 2 is 2.00 bits per heavy atom. The summed E-state index contributed by atoms with van der Waals surface area (Å²) in [4.78, 5) is 12.1. The molecule has 0 fully saturated rings. The van der Waals surface area contributed by atoms with Crippen molar-refractivity contribution >= 4 is 5.91 Å². The number of amides is 1. The molecular formula is C17H18FNO3. The molecule has 2 aromatic carbocycles. The lowest BCUT2D eigenvalue weighted by molar-refractivity contribution is 0.0916. The molecule has 2 rings (SSSR count). The van der Waals surface area contributed by atoms with Crippen LogP contribution in [0, 0.1) is 5.82 Å². The number of nitrogens with one attached hydrogen (secondary N) is 1. The molecule has 1 atom stereocenters. The van der Waals surface area contributed by atoms with E-state index in [9.17, 15) is 14.3 Å². The Morgan fingerprint density at radius 3 is 2.68 bits per heavy atom. The molecule has 1 amide bonds. The van der Waals surface area contributed by atoms with Crippen LogP contribution in [0.5, 0.6) is 5.75 Å². The van der Waals surface area contributed by atoms with Gasteiger partial charge in [-0.1, -0.05) is 18.2 Å². The average Bonchev–Trinajstić information content (AvgIpc) is 2.53. The number of hydrogen-bond acceptors (Lipinski definition) is 3. The molecule has 0 heterocycles. The zero-order valence-electron chi connectivity index (χ0n) is 12.3. The molecule has 5 heteroatoms. The molecule has 0 saturated carbocycles. The van der Waals surface area contributed by atoms with Crippen LogP contribution in [0.4, 0.5) is 4.39 Å². The van der Waals surface area contributed by atoms with Gasteiger partial charge in [-0.05, 0) is 42.8 Å². The highest BCUT2D eigenvalue weighted by Gasteiger charge is 2.11. The van der Waals surface area contributed by atoms with Gasteiger partial charge in [0.05, 0.1) is 12.7 Å². The predicted octanol–water partition coefficient (Wildman–Crippen LogP) is 2.69. The normalized spacial score (nSPS) is 11.8. The van der Waals surface area contributed by atoms with E-state index in [1.807, 2.05) is 6.92 Å². The first-order valence-corrected chi connectivity index (χ1v) is 7.04. The van der Waals surface area contributed by atoms with Gasteiger partial charge in [-0.3, -0.25) is 4.79 Å². The Morgan fingerprint density at radius 1 is 1.27 bits per heavy atom. The van der Waals surface area contributed by atoms with Crippen LogP contribution in [-0.4, -0.2) is 24.2 Å². The number of hydrogen-bond donors (Lipinski definition) is 2. The fourth-order valence-electron chi connectivity index (χ4n) is 1.99. The van der Waals surface area contributed by atoms with Crippen LogP contribution in [0.25, 0.3) is 0 Å². The maximum Gasteiger partial charge on any atom is 0.251 e. The van der Waals surface area contributed by atoms with Gasteiger partial charge in [-0.15, -0.1) is 0 Å². The van der Waals surface area contributed by atoms with Crippen molar-refractivity contribution in [2.24, 2.45) is 0 Å². The van der Waals surface area contributed by atoms with Gasteiger partial charge >= 0.3 is 0 Å². The summed E-state index contributed by atoms with van der Waals surface area (Å²) >= 11 is 0. The molecular weight excluding hydrogens is 285 g/mol. The minimum absolute atomic E-state index is 0.0450. The van der Waals surface area contributed by atoms with Crippen LogP contribution in [-0.2, 0) is 0 Å². The molecule has 0 radical (unpaired) electrons. The van der Waals surface area contributed by atoms with E-state index < -0.39 is 6.10 Å². The summed E-state index contributed by atoms with van der Waals surface area (Å²) < 4.78 is 18.2. The van der Waals surface area contributed by atoms with Crippen LogP contribution in [0.3, 0.4) is 0 Å². The van der Waals surface area contributed by atoms with E-state index in [-0.39, 0.29) is 18.3 Å². The van der Waals surface area contributed by atoms with Crippen LogP contribution < -0.4 is 10.1 Å². The topological polar surface area (TPSA) is 58.6 Å². The minimum Gasteiger partial charge on any atom is -0.494 e. The predicted molar refractivity (Wildman–Crippen MR) is 81.3 cm³/mol. The van der Waals surface area contributed by atoms with E-state index in [2.05, 4.69) is 5.32 Å². The summed E-state index contributed by atoms with van der Waals surface area (Å²) in [7, 11) is 0. The van der Waals surface area contributed by atoms with Crippen molar-refractivity contribution in [1.82, 2.24) is 5.32 Å². The summed E-state index contributed by atoms with van der Waals surface area (Å²) in [5.41, 5.74) is 1.00. The minimum atomic E-state index is -0.889. The second-order valence-corrected chi connectivity index (χ2v) is 4.74. The second kappa shape index (κ2) is 7.56. The number of ether oxygens (including phenoxy) is 1. The van der Waals surface area contributed by atoms with Gasteiger partial charge in [0.15, 0.2) is 0 Å². The van der Waals surface area contributed by atoms with Crippen molar-refractivity contribution in [3.05, 3.63) is 65.5 Å². The third kappa shape index (κ3) is 4.30. The first kappa shape index (κ1) is 16.0. The maximum absolute atomic E-state index is 12.8. The first-order chi connectivity index (χ1) is 10.6. The second-order valence-electron chi connectivity index (χ2n) is 4.74.